The van der Waals surface area contributed by atoms with Gasteiger partial charge in [-0.1, -0.05) is 5.92 Å². The fraction of sp³-hybridized carbons (Fsp3) is 0.905. The molecule has 1 aliphatic rings. The van der Waals surface area contributed by atoms with E-state index in [1.807, 2.05) is 0 Å². The van der Waals surface area contributed by atoms with Gasteiger partial charge in [0.25, 0.3) is 0 Å². The van der Waals surface area contributed by atoms with Crippen LogP contribution in [-0.2, 0) is 27.2 Å². The fourth-order valence-corrected chi connectivity index (χ4v) is 7.45. The monoisotopic (exact) mass is 506 g/mol. The summed E-state index contributed by atoms with van der Waals surface area (Å²) in [5.74, 6) is 2.53. The third-order valence-electron chi connectivity index (χ3n) is 4.00. The Labute approximate surface area is 195 Å². The molecule has 0 aromatic heterocycles. The van der Waals surface area contributed by atoms with Crippen LogP contribution in [-0.4, -0.2) is 77.2 Å². The molecule has 1 saturated heterocycles. The summed E-state index contributed by atoms with van der Waals surface area (Å²) < 4.78 is 38.9. The molecule has 0 spiro atoms. The molecule has 0 saturated carbocycles. The predicted molar refractivity (Wildman–Crippen MR) is 137 cm³/mol. The van der Waals surface area contributed by atoms with Crippen LogP contribution in [0, 0.1) is 12.3 Å². The summed E-state index contributed by atoms with van der Waals surface area (Å²) in [7, 11) is -7.72. The average Bonchev–Trinajstić information content (AvgIpc) is 2.49. The first-order valence-electron chi connectivity index (χ1n) is 11.2. The lowest BCUT2D eigenvalue weighted by Gasteiger charge is -2.51. The Morgan fingerprint density at radius 3 is 1.48 bits per heavy atom. The van der Waals surface area contributed by atoms with Gasteiger partial charge >= 0.3 is 0 Å². The zero-order chi connectivity index (χ0) is 24.3. The van der Waals surface area contributed by atoms with Gasteiger partial charge in [0.05, 0.1) is 6.61 Å². The molecule has 182 valence electrons. The maximum atomic E-state index is 6.77. The van der Waals surface area contributed by atoms with Gasteiger partial charge in [0.15, 0.2) is 39.6 Å². The van der Waals surface area contributed by atoms with Crippen molar-refractivity contribution in [2.24, 2.45) is 0 Å². The summed E-state index contributed by atoms with van der Waals surface area (Å²) in [6, 6.07) is 0. The van der Waals surface area contributed by atoms with Gasteiger partial charge in [0, 0.05) is 0 Å². The molecule has 1 rings (SSSR count). The topological polar surface area (TPSA) is 55.4 Å². The van der Waals surface area contributed by atoms with Gasteiger partial charge in [-0.05, 0) is 78.6 Å². The maximum Gasteiger partial charge on any atom is 0.187 e. The van der Waals surface area contributed by atoms with Crippen molar-refractivity contribution in [3.05, 3.63) is 0 Å². The number of rotatable bonds is 11. The third-order valence-corrected chi connectivity index (χ3v) is 7.87. The predicted octanol–water partition coefficient (Wildman–Crippen LogP) is 4.87. The number of hydrogen-bond acceptors (Lipinski definition) is 6. The SMILES string of the molecule is C#CCOC[C@H]1OC(O[Si](C)(C)C)[C@H](O[Si](C)(C)C)[C@@H](O[Si](C)(C)C)[C@H]1O[Si](C)(C)C. The summed E-state index contributed by atoms with van der Waals surface area (Å²) in [6.07, 6.45) is 3.58. The molecule has 5 atom stereocenters. The van der Waals surface area contributed by atoms with Crippen LogP contribution in [0.2, 0.25) is 78.6 Å². The molecule has 1 unspecified atom stereocenters. The van der Waals surface area contributed by atoms with E-state index in [1.165, 1.54) is 0 Å². The lowest BCUT2D eigenvalue weighted by Crippen LogP contribution is -2.67. The van der Waals surface area contributed by atoms with E-state index >= 15 is 0 Å². The minimum atomic E-state index is -1.94. The summed E-state index contributed by atoms with van der Waals surface area (Å²) in [5.41, 5.74) is 0. The zero-order valence-electron chi connectivity index (χ0n) is 21.8. The van der Waals surface area contributed by atoms with E-state index < -0.39 is 39.6 Å². The first-order chi connectivity index (χ1) is 13.8. The van der Waals surface area contributed by atoms with E-state index in [0.717, 1.165) is 0 Å². The number of terminal acetylenes is 1. The molecule has 0 N–H and O–H groups in total. The highest BCUT2D eigenvalue weighted by Gasteiger charge is 2.52. The van der Waals surface area contributed by atoms with Gasteiger partial charge in [-0.25, -0.2) is 0 Å². The molecule has 0 aromatic carbocycles. The molecule has 6 nitrogen and oxygen atoms in total. The molecular weight excluding hydrogens is 461 g/mol. The van der Waals surface area contributed by atoms with Crippen molar-refractivity contribution in [2.45, 2.75) is 109 Å². The summed E-state index contributed by atoms with van der Waals surface area (Å²) in [5, 5.41) is 0. The minimum absolute atomic E-state index is 0.230. The summed E-state index contributed by atoms with van der Waals surface area (Å²) in [6.45, 7) is 26.7. The second-order valence-electron chi connectivity index (χ2n) is 12.1. The van der Waals surface area contributed by atoms with E-state index in [9.17, 15) is 0 Å². The van der Waals surface area contributed by atoms with E-state index in [4.69, 9.17) is 33.6 Å². The van der Waals surface area contributed by atoms with Gasteiger partial charge in [0.1, 0.15) is 31.0 Å². The van der Waals surface area contributed by atoms with Crippen molar-refractivity contribution in [3.8, 4) is 12.3 Å². The Kier molecular flexibility index (Phi) is 10.4. The van der Waals surface area contributed by atoms with E-state index in [0.29, 0.717) is 6.61 Å². The number of ether oxygens (including phenoxy) is 2. The summed E-state index contributed by atoms with van der Waals surface area (Å²) in [4.78, 5) is 0. The fourth-order valence-electron chi connectivity index (χ4n) is 3.32. The van der Waals surface area contributed by atoms with Crippen LogP contribution in [0.3, 0.4) is 0 Å². The normalized spacial score (nSPS) is 28.4. The van der Waals surface area contributed by atoms with Gasteiger partial charge < -0.3 is 27.2 Å². The quantitative estimate of drug-likeness (QED) is 0.226. The van der Waals surface area contributed by atoms with Gasteiger partial charge in [-0.15, -0.1) is 6.42 Å². The van der Waals surface area contributed by atoms with Crippen LogP contribution in [0.1, 0.15) is 0 Å². The van der Waals surface area contributed by atoms with Gasteiger partial charge in [-0.3, -0.25) is 0 Å². The molecule has 1 heterocycles. The minimum Gasteiger partial charge on any atom is -0.409 e. The Hall–Kier alpha value is 0.188. The van der Waals surface area contributed by atoms with Crippen LogP contribution in [0.15, 0.2) is 0 Å². The molecule has 1 fully saturated rings. The Bertz CT molecular complexity index is 597. The lowest BCUT2D eigenvalue weighted by molar-refractivity contribution is -0.271. The molecular formula is C21H46O6Si4. The molecule has 0 aliphatic carbocycles. The van der Waals surface area contributed by atoms with Crippen molar-refractivity contribution >= 4 is 33.3 Å². The Balaban J connectivity index is 3.45. The molecule has 0 radical (unpaired) electrons. The number of hydrogen-bond donors (Lipinski definition) is 0. The smallest absolute Gasteiger partial charge is 0.187 e. The standard InChI is InChI=1S/C21H46O6Si4/c1-14-15-22-16-17-18(24-28(2,3)4)19(25-29(5,6)7)20(26-30(8,9)10)21(23-17)27-31(11,12)13/h1,17-21H,15-16H2,2-13H3/t17-,18+,19+,20-,21?/m1/s1. The molecule has 31 heavy (non-hydrogen) atoms. The molecule has 0 amide bonds. The third kappa shape index (κ3) is 11.7. The van der Waals surface area contributed by atoms with Crippen molar-refractivity contribution in [1.82, 2.24) is 0 Å². The first-order valence-corrected chi connectivity index (χ1v) is 24.8. The zero-order valence-corrected chi connectivity index (χ0v) is 25.8. The second kappa shape index (κ2) is 11.1. The summed E-state index contributed by atoms with van der Waals surface area (Å²) >= 11 is 0. The van der Waals surface area contributed by atoms with Crippen LogP contribution in [0.5, 0.6) is 0 Å². The van der Waals surface area contributed by atoms with Crippen molar-refractivity contribution < 1.29 is 27.2 Å². The van der Waals surface area contributed by atoms with Gasteiger partial charge in [-0.2, -0.15) is 0 Å². The van der Waals surface area contributed by atoms with Crippen molar-refractivity contribution in [2.75, 3.05) is 13.2 Å². The van der Waals surface area contributed by atoms with E-state index in [-0.39, 0.29) is 31.0 Å². The first kappa shape index (κ1) is 29.2. The Morgan fingerprint density at radius 1 is 0.645 bits per heavy atom. The molecule has 10 heteroatoms. The van der Waals surface area contributed by atoms with Crippen LogP contribution in [0.25, 0.3) is 0 Å². The second-order valence-corrected chi connectivity index (χ2v) is 29.9. The molecule has 0 aromatic rings. The highest BCUT2D eigenvalue weighted by atomic mass is 28.4. The highest BCUT2D eigenvalue weighted by molar-refractivity contribution is 6.71. The lowest BCUT2D eigenvalue weighted by atomic mass is 9.99. The van der Waals surface area contributed by atoms with Crippen molar-refractivity contribution in [3.63, 3.8) is 0 Å². The van der Waals surface area contributed by atoms with Crippen LogP contribution >= 0.6 is 0 Å². The van der Waals surface area contributed by atoms with Crippen LogP contribution in [0.4, 0.5) is 0 Å². The largest absolute Gasteiger partial charge is 0.409 e. The average molecular weight is 507 g/mol. The molecule has 1 aliphatic heterocycles. The van der Waals surface area contributed by atoms with Gasteiger partial charge in [0.2, 0.25) is 0 Å². The van der Waals surface area contributed by atoms with E-state index in [1.54, 1.807) is 0 Å². The molecule has 0 bridgehead atoms. The maximum absolute atomic E-state index is 6.77. The highest BCUT2D eigenvalue weighted by Crippen LogP contribution is 2.35. The Morgan fingerprint density at radius 2 is 1.06 bits per heavy atom. The van der Waals surface area contributed by atoms with Crippen molar-refractivity contribution in [1.29, 1.82) is 0 Å². The van der Waals surface area contributed by atoms with E-state index in [2.05, 4.69) is 84.5 Å². The van der Waals surface area contributed by atoms with Crippen LogP contribution < -0.4 is 0 Å².